The maximum atomic E-state index is 11.8. The van der Waals surface area contributed by atoms with Gasteiger partial charge in [0.05, 0.1) is 6.42 Å². The Morgan fingerprint density at radius 2 is 2.24 bits per heavy atom. The molecule has 0 spiro atoms. The minimum atomic E-state index is 0.151. The molecule has 2 N–H and O–H groups in total. The summed E-state index contributed by atoms with van der Waals surface area (Å²) in [5, 5.41) is 8.31. The fraction of sp³-hybridized carbons (Fsp3) is 0.615. The van der Waals surface area contributed by atoms with Gasteiger partial charge in [-0.25, -0.2) is 0 Å². The Labute approximate surface area is 107 Å². The normalized spacial score (nSPS) is 16.8. The highest BCUT2D eigenvalue weighted by molar-refractivity contribution is 7.10. The summed E-state index contributed by atoms with van der Waals surface area (Å²) in [7, 11) is 1.97. The molecule has 2 rings (SSSR count). The van der Waals surface area contributed by atoms with Gasteiger partial charge in [0.15, 0.2) is 0 Å². The van der Waals surface area contributed by atoms with Crippen LogP contribution in [0.3, 0.4) is 0 Å². The van der Waals surface area contributed by atoms with Gasteiger partial charge in [-0.3, -0.25) is 4.79 Å². The zero-order valence-electron chi connectivity index (χ0n) is 10.5. The van der Waals surface area contributed by atoms with Crippen molar-refractivity contribution in [2.24, 2.45) is 5.41 Å². The number of rotatable bonds is 6. The van der Waals surface area contributed by atoms with Crippen LogP contribution in [0.2, 0.25) is 0 Å². The van der Waals surface area contributed by atoms with E-state index in [0.717, 1.165) is 13.1 Å². The van der Waals surface area contributed by atoms with E-state index in [0.29, 0.717) is 11.8 Å². The van der Waals surface area contributed by atoms with Crippen LogP contribution in [0.15, 0.2) is 11.4 Å². The van der Waals surface area contributed by atoms with Crippen LogP contribution >= 0.6 is 11.3 Å². The topological polar surface area (TPSA) is 41.1 Å². The largest absolute Gasteiger partial charge is 0.355 e. The first-order valence-corrected chi connectivity index (χ1v) is 6.97. The van der Waals surface area contributed by atoms with E-state index in [1.54, 1.807) is 11.3 Å². The summed E-state index contributed by atoms with van der Waals surface area (Å²) in [5.41, 5.74) is 1.57. The highest BCUT2D eigenvalue weighted by Crippen LogP contribution is 2.44. The predicted molar refractivity (Wildman–Crippen MR) is 71.4 cm³/mol. The number of hydrogen-bond acceptors (Lipinski definition) is 3. The molecule has 94 valence electrons. The van der Waals surface area contributed by atoms with Crippen LogP contribution in [-0.4, -0.2) is 26.0 Å². The number of hydrogen-bond donors (Lipinski definition) is 2. The van der Waals surface area contributed by atoms with Crippen LogP contribution in [0.5, 0.6) is 0 Å². The average Bonchev–Trinajstić information content (AvgIpc) is 2.95. The Hall–Kier alpha value is -0.870. The highest BCUT2D eigenvalue weighted by atomic mass is 32.1. The molecular weight excluding hydrogens is 232 g/mol. The minimum absolute atomic E-state index is 0.151. The van der Waals surface area contributed by atoms with E-state index in [1.807, 2.05) is 12.4 Å². The van der Waals surface area contributed by atoms with Gasteiger partial charge in [-0.15, -0.1) is 11.3 Å². The SMILES string of the molecule is CNCC1(CNC(=O)Cc2sccc2C)CC1. The summed E-state index contributed by atoms with van der Waals surface area (Å²) < 4.78 is 0. The van der Waals surface area contributed by atoms with Gasteiger partial charge in [0.25, 0.3) is 0 Å². The fourth-order valence-corrected chi connectivity index (χ4v) is 2.95. The number of carbonyl (C=O) groups is 1. The van der Waals surface area contributed by atoms with Crippen molar-refractivity contribution in [3.05, 3.63) is 21.9 Å². The lowest BCUT2D eigenvalue weighted by Crippen LogP contribution is -2.35. The smallest absolute Gasteiger partial charge is 0.225 e. The Bertz CT molecular complexity index is 396. The van der Waals surface area contributed by atoms with Crippen LogP contribution < -0.4 is 10.6 Å². The molecule has 0 atom stereocenters. The summed E-state index contributed by atoms with van der Waals surface area (Å²) in [4.78, 5) is 13.0. The lowest BCUT2D eigenvalue weighted by molar-refractivity contribution is -0.120. The molecule has 1 aromatic rings. The van der Waals surface area contributed by atoms with Crippen molar-refractivity contribution in [1.29, 1.82) is 0 Å². The standard InChI is InChI=1S/C13H20N2OS/c1-10-3-6-17-11(10)7-12(16)15-9-13(4-5-13)8-14-2/h3,6,14H,4-5,7-9H2,1-2H3,(H,15,16). The quantitative estimate of drug-likeness (QED) is 0.809. The monoisotopic (exact) mass is 252 g/mol. The summed E-state index contributed by atoms with van der Waals surface area (Å²) in [6.07, 6.45) is 2.98. The minimum Gasteiger partial charge on any atom is -0.355 e. The number of thiophene rings is 1. The molecule has 1 aliphatic rings. The van der Waals surface area contributed by atoms with E-state index < -0.39 is 0 Å². The van der Waals surface area contributed by atoms with Gasteiger partial charge >= 0.3 is 0 Å². The van der Waals surface area contributed by atoms with Gasteiger partial charge in [-0.05, 0) is 43.8 Å². The van der Waals surface area contributed by atoms with Crippen molar-refractivity contribution in [2.45, 2.75) is 26.2 Å². The molecule has 1 heterocycles. The molecule has 1 aliphatic carbocycles. The molecule has 3 nitrogen and oxygen atoms in total. The molecule has 1 amide bonds. The summed E-state index contributed by atoms with van der Waals surface area (Å²) in [6, 6.07) is 2.07. The van der Waals surface area contributed by atoms with Gasteiger partial charge in [-0.1, -0.05) is 0 Å². The van der Waals surface area contributed by atoms with Gasteiger partial charge in [0, 0.05) is 23.4 Å². The third-order valence-corrected chi connectivity index (χ3v) is 4.48. The van der Waals surface area contributed by atoms with Crippen LogP contribution in [0, 0.1) is 12.3 Å². The molecule has 0 radical (unpaired) electrons. The van der Waals surface area contributed by atoms with Crippen molar-refractivity contribution < 1.29 is 4.79 Å². The van der Waals surface area contributed by atoms with E-state index in [4.69, 9.17) is 0 Å². The second-order valence-electron chi connectivity index (χ2n) is 5.01. The van der Waals surface area contributed by atoms with Crippen LogP contribution in [-0.2, 0) is 11.2 Å². The molecule has 1 aromatic heterocycles. The Kier molecular flexibility index (Phi) is 3.84. The number of aryl methyl sites for hydroxylation is 1. The first kappa shape index (κ1) is 12.6. The number of nitrogens with one attached hydrogen (secondary N) is 2. The predicted octanol–water partition coefficient (Wildman–Crippen LogP) is 1.71. The maximum Gasteiger partial charge on any atom is 0.225 e. The molecule has 0 aliphatic heterocycles. The Morgan fingerprint density at radius 1 is 1.47 bits per heavy atom. The van der Waals surface area contributed by atoms with Crippen LogP contribution in [0.4, 0.5) is 0 Å². The second-order valence-corrected chi connectivity index (χ2v) is 6.01. The van der Waals surface area contributed by atoms with E-state index in [1.165, 1.54) is 23.3 Å². The molecule has 1 fully saturated rings. The van der Waals surface area contributed by atoms with Crippen molar-refractivity contribution in [1.82, 2.24) is 10.6 Å². The summed E-state index contributed by atoms with van der Waals surface area (Å²) in [6.45, 7) is 3.88. The van der Waals surface area contributed by atoms with E-state index in [9.17, 15) is 4.79 Å². The Morgan fingerprint density at radius 3 is 2.76 bits per heavy atom. The van der Waals surface area contributed by atoms with Crippen molar-refractivity contribution in [3.8, 4) is 0 Å². The highest BCUT2D eigenvalue weighted by Gasteiger charge is 2.41. The zero-order valence-corrected chi connectivity index (χ0v) is 11.3. The first-order valence-electron chi connectivity index (χ1n) is 6.09. The molecule has 0 bridgehead atoms. The first-order chi connectivity index (χ1) is 8.15. The molecular formula is C13H20N2OS. The zero-order chi connectivity index (χ0) is 12.3. The molecule has 17 heavy (non-hydrogen) atoms. The third kappa shape index (κ3) is 3.30. The van der Waals surface area contributed by atoms with Crippen molar-refractivity contribution in [2.75, 3.05) is 20.1 Å². The molecule has 4 heteroatoms. The van der Waals surface area contributed by atoms with Gasteiger partial charge in [0.2, 0.25) is 5.91 Å². The molecule has 1 saturated carbocycles. The Balaban J connectivity index is 1.77. The van der Waals surface area contributed by atoms with Gasteiger partial charge in [-0.2, -0.15) is 0 Å². The summed E-state index contributed by atoms with van der Waals surface area (Å²) in [5.74, 6) is 0.151. The lowest BCUT2D eigenvalue weighted by Gasteiger charge is -2.15. The van der Waals surface area contributed by atoms with Gasteiger partial charge < -0.3 is 10.6 Å². The van der Waals surface area contributed by atoms with E-state index in [2.05, 4.69) is 23.6 Å². The number of amides is 1. The average molecular weight is 252 g/mol. The second kappa shape index (κ2) is 5.19. The lowest BCUT2D eigenvalue weighted by atomic mass is 10.1. The van der Waals surface area contributed by atoms with Crippen LogP contribution in [0.25, 0.3) is 0 Å². The van der Waals surface area contributed by atoms with Crippen molar-refractivity contribution in [3.63, 3.8) is 0 Å². The van der Waals surface area contributed by atoms with Gasteiger partial charge in [0.1, 0.15) is 0 Å². The maximum absolute atomic E-state index is 11.8. The molecule has 0 unspecified atom stereocenters. The third-order valence-electron chi connectivity index (χ3n) is 3.46. The van der Waals surface area contributed by atoms with E-state index >= 15 is 0 Å². The van der Waals surface area contributed by atoms with E-state index in [-0.39, 0.29) is 5.91 Å². The van der Waals surface area contributed by atoms with Crippen molar-refractivity contribution >= 4 is 17.2 Å². The molecule has 0 saturated heterocycles. The molecule has 0 aromatic carbocycles. The summed E-state index contributed by atoms with van der Waals surface area (Å²) >= 11 is 1.66. The van der Waals surface area contributed by atoms with Crippen LogP contribution in [0.1, 0.15) is 23.3 Å². The number of carbonyl (C=O) groups excluding carboxylic acids is 1. The fourth-order valence-electron chi connectivity index (χ4n) is 2.05.